The third kappa shape index (κ3) is 4.53. The standard InChI is InChI=1S/C28H35NO4/c1-21-16-22(2)18-23(17-21)28(10-14-31-15-11-28)26(30)29-12-8-27(9-13-29)19-25(20-32-27)33-24-6-4-3-5-7-24/h3-7,16-18,25H,8-15,19-20H2,1-2H3/t25-/m1/s1. The van der Waals surface area contributed by atoms with E-state index in [0.29, 0.717) is 19.8 Å². The number of hydrogen-bond donors (Lipinski definition) is 0. The summed E-state index contributed by atoms with van der Waals surface area (Å²) in [5.74, 6) is 1.16. The van der Waals surface area contributed by atoms with Crippen LogP contribution >= 0.6 is 0 Å². The normalized spacial score (nSPS) is 24.1. The highest BCUT2D eigenvalue weighted by Gasteiger charge is 2.48. The number of amides is 1. The van der Waals surface area contributed by atoms with Gasteiger partial charge in [0.05, 0.1) is 17.6 Å². The van der Waals surface area contributed by atoms with E-state index in [1.165, 1.54) is 11.1 Å². The van der Waals surface area contributed by atoms with Gasteiger partial charge in [0.1, 0.15) is 11.9 Å². The van der Waals surface area contributed by atoms with E-state index < -0.39 is 5.41 Å². The van der Waals surface area contributed by atoms with Crippen molar-refractivity contribution in [1.29, 1.82) is 0 Å². The third-order valence-electron chi connectivity index (χ3n) is 7.71. The molecule has 5 nitrogen and oxygen atoms in total. The molecule has 2 aromatic carbocycles. The molecule has 0 aliphatic carbocycles. The number of carbonyl (C=O) groups is 1. The summed E-state index contributed by atoms with van der Waals surface area (Å²) in [6.07, 6.45) is 4.20. The minimum absolute atomic E-state index is 0.0757. The van der Waals surface area contributed by atoms with Crippen LogP contribution in [0, 0.1) is 13.8 Å². The molecule has 3 fully saturated rings. The van der Waals surface area contributed by atoms with Crippen LogP contribution in [0.25, 0.3) is 0 Å². The van der Waals surface area contributed by atoms with Crippen molar-refractivity contribution in [1.82, 2.24) is 4.90 Å². The Morgan fingerprint density at radius 1 is 0.970 bits per heavy atom. The van der Waals surface area contributed by atoms with E-state index in [1.54, 1.807) is 0 Å². The quantitative estimate of drug-likeness (QED) is 0.686. The molecule has 5 rings (SSSR count). The minimum atomic E-state index is -0.477. The first-order valence-electron chi connectivity index (χ1n) is 12.3. The predicted octanol–water partition coefficient (Wildman–Crippen LogP) is 4.58. The Morgan fingerprint density at radius 3 is 2.30 bits per heavy atom. The van der Waals surface area contributed by atoms with Gasteiger partial charge in [-0.15, -0.1) is 0 Å². The van der Waals surface area contributed by atoms with Gasteiger partial charge in [-0.25, -0.2) is 0 Å². The van der Waals surface area contributed by atoms with Crippen molar-refractivity contribution in [2.45, 2.75) is 63.1 Å². The summed E-state index contributed by atoms with van der Waals surface area (Å²) in [4.78, 5) is 16.1. The molecule has 0 N–H and O–H groups in total. The van der Waals surface area contributed by atoms with Gasteiger partial charge in [0.2, 0.25) is 5.91 Å². The molecular weight excluding hydrogens is 414 g/mol. The second-order valence-corrected chi connectivity index (χ2v) is 10.1. The van der Waals surface area contributed by atoms with Crippen LogP contribution in [0.3, 0.4) is 0 Å². The molecule has 1 atom stereocenters. The van der Waals surface area contributed by atoms with E-state index in [0.717, 1.165) is 56.5 Å². The van der Waals surface area contributed by atoms with Crippen LogP contribution in [0.4, 0.5) is 0 Å². The van der Waals surface area contributed by atoms with Crippen molar-refractivity contribution in [2.24, 2.45) is 0 Å². The van der Waals surface area contributed by atoms with Crippen molar-refractivity contribution < 1.29 is 19.0 Å². The number of hydrogen-bond acceptors (Lipinski definition) is 4. The van der Waals surface area contributed by atoms with Gasteiger partial charge in [0, 0.05) is 32.7 Å². The highest BCUT2D eigenvalue weighted by molar-refractivity contribution is 5.88. The Labute approximate surface area is 197 Å². The Bertz CT molecular complexity index is 954. The van der Waals surface area contributed by atoms with E-state index in [2.05, 4.69) is 36.9 Å². The molecule has 3 saturated heterocycles. The van der Waals surface area contributed by atoms with Crippen LogP contribution in [-0.4, -0.2) is 55.4 Å². The zero-order valence-corrected chi connectivity index (χ0v) is 19.8. The summed E-state index contributed by atoms with van der Waals surface area (Å²) >= 11 is 0. The number of para-hydroxylation sites is 1. The average molecular weight is 450 g/mol. The van der Waals surface area contributed by atoms with E-state index in [4.69, 9.17) is 14.2 Å². The SMILES string of the molecule is Cc1cc(C)cc(C2(C(=O)N3CCC4(CC3)C[C@@H](Oc3ccccc3)CO4)CCOCC2)c1. The van der Waals surface area contributed by atoms with Gasteiger partial charge < -0.3 is 19.1 Å². The molecule has 1 amide bonds. The second-order valence-electron chi connectivity index (χ2n) is 10.1. The van der Waals surface area contributed by atoms with E-state index in [9.17, 15) is 4.79 Å². The number of ether oxygens (including phenoxy) is 3. The summed E-state index contributed by atoms with van der Waals surface area (Å²) in [6, 6.07) is 16.5. The molecule has 0 bridgehead atoms. The molecule has 0 unspecified atom stereocenters. The number of carbonyl (C=O) groups excluding carboxylic acids is 1. The molecule has 0 aromatic heterocycles. The van der Waals surface area contributed by atoms with Gasteiger partial charge in [0.15, 0.2) is 0 Å². The summed E-state index contributed by atoms with van der Waals surface area (Å²) in [7, 11) is 0. The van der Waals surface area contributed by atoms with Gasteiger partial charge in [-0.3, -0.25) is 4.79 Å². The number of likely N-dealkylation sites (tertiary alicyclic amines) is 1. The van der Waals surface area contributed by atoms with Gasteiger partial charge in [-0.2, -0.15) is 0 Å². The summed E-state index contributed by atoms with van der Waals surface area (Å²) < 4.78 is 18.1. The molecule has 33 heavy (non-hydrogen) atoms. The summed E-state index contributed by atoms with van der Waals surface area (Å²) in [5, 5.41) is 0. The molecule has 3 aliphatic rings. The number of aryl methyl sites for hydroxylation is 2. The lowest BCUT2D eigenvalue weighted by Gasteiger charge is -2.44. The first kappa shape index (κ1) is 22.4. The van der Waals surface area contributed by atoms with Crippen LogP contribution in [0.5, 0.6) is 5.75 Å². The highest BCUT2D eigenvalue weighted by atomic mass is 16.6. The van der Waals surface area contributed by atoms with Crippen LogP contribution in [0.1, 0.15) is 48.8 Å². The summed E-state index contributed by atoms with van der Waals surface area (Å²) in [6.45, 7) is 7.60. The molecular formula is C28H35NO4. The smallest absolute Gasteiger partial charge is 0.233 e. The first-order valence-corrected chi connectivity index (χ1v) is 12.3. The lowest BCUT2D eigenvalue weighted by molar-refractivity contribution is -0.146. The third-order valence-corrected chi connectivity index (χ3v) is 7.71. The zero-order chi connectivity index (χ0) is 22.9. The fraction of sp³-hybridized carbons (Fsp3) is 0.536. The van der Waals surface area contributed by atoms with Crippen LogP contribution in [0.15, 0.2) is 48.5 Å². The van der Waals surface area contributed by atoms with E-state index in [-0.39, 0.29) is 17.6 Å². The van der Waals surface area contributed by atoms with E-state index in [1.807, 2.05) is 30.3 Å². The monoisotopic (exact) mass is 449 g/mol. The zero-order valence-electron chi connectivity index (χ0n) is 19.8. The van der Waals surface area contributed by atoms with Crippen molar-refractivity contribution in [3.8, 4) is 5.75 Å². The number of benzene rings is 2. The van der Waals surface area contributed by atoms with Gasteiger partial charge in [0.25, 0.3) is 0 Å². The van der Waals surface area contributed by atoms with Crippen molar-refractivity contribution in [3.05, 3.63) is 65.2 Å². The van der Waals surface area contributed by atoms with Crippen molar-refractivity contribution >= 4 is 5.91 Å². The lowest BCUT2D eigenvalue weighted by atomic mass is 9.71. The molecule has 2 aromatic rings. The first-order chi connectivity index (χ1) is 16.0. The molecule has 3 heterocycles. The maximum Gasteiger partial charge on any atom is 0.233 e. The van der Waals surface area contributed by atoms with Crippen molar-refractivity contribution in [3.63, 3.8) is 0 Å². The Kier molecular flexibility index (Phi) is 6.19. The molecule has 176 valence electrons. The minimum Gasteiger partial charge on any atom is -0.488 e. The predicted molar refractivity (Wildman–Crippen MR) is 128 cm³/mol. The Hall–Kier alpha value is -2.37. The fourth-order valence-electron chi connectivity index (χ4n) is 5.93. The summed E-state index contributed by atoms with van der Waals surface area (Å²) in [5.41, 5.74) is 2.94. The van der Waals surface area contributed by atoms with Crippen molar-refractivity contribution in [2.75, 3.05) is 32.9 Å². The highest BCUT2D eigenvalue weighted by Crippen LogP contribution is 2.41. The van der Waals surface area contributed by atoms with Crippen LogP contribution < -0.4 is 4.74 Å². The van der Waals surface area contributed by atoms with Gasteiger partial charge in [-0.05, 0) is 57.2 Å². The Balaban J connectivity index is 1.27. The van der Waals surface area contributed by atoms with Gasteiger partial charge in [-0.1, -0.05) is 47.5 Å². The molecule has 0 radical (unpaired) electrons. The number of rotatable bonds is 4. The maximum absolute atomic E-state index is 14.0. The molecule has 1 spiro atoms. The number of nitrogens with zero attached hydrogens (tertiary/aromatic N) is 1. The number of piperidine rings is 1. The Morgan fingerprint density at radius 2 is 1.64 bits per heavy atom. The largest absolute Gasteiger partial charge is 0.488 e. The van der Waals surface area contributed by atoms with E-state index >= 15 is 0 Å². The topological polar surface area (TPSA) is 48.0 Å². The van der Waals surface area contributed by atoms with Gasteiger partial charge >= 0.3 is 0 Å². The average Bonchev–Trinajstić information content (AvgIpc) is 3.21. The molecule has 5 heteroatoms. The molecule has 0 saturated carbocycles. The van der Waals surface area contributed by atoms with Crippen LogP contribution in [0.2, 0.25) is 0 Å². The van der Waals surface area contributed by atoms with Crippen LogP contribution in [-0.2, 0) is 19.7 Å². The fourth-order valence-corrected chi connectivity index (χ4v) is 5.93. The molecule has 3 aliphatic heterocycles. The lowest BCUT2D eigenvalue weighted by Crippen LogP contribution is -2.54. The maximum atomic E-state index is 14.0. The second kappa shape index (κ2) is 9.11.